The summed E-state index contributed by atoms with van der Waals surface area (Å²) in [7, 11) is 0. The standard InChI is InChI=1S/C23H23Cl2NO4/c1-2-29-23(28)21(15-6-7-15)26-19(27)13-30-22(16-4-3-5-18(25)12-16)20(26)14-8-10-17(24)11-9-14/h3-5,8-12,15,20-22H,2,6-7,13H2,1H3. The van der Waals surface area contributed by atoms with Gasteiger partial charge >= 0.3 is 5.97 Å². The molecule has 2 aromatic rings. The van der Waals surface area contributed by atoms with Gasteiger partial charge < -0.3 is 14.4 Å². The predicted molar refractivity (Wildman–Crippen MR) is 114 cm³/mol. The molecule has 5 nitrogen and oxygen atoms in total. The molecule has 1 aliphatic heterocycles. The number of amides is 1. The van der Waals surface area contributed by atoms with E-state index in [-0.39, 0.29) is 31.0 Å². The van der Waals surface area contributed by atoms with E-state index in [2.05, 4.69) is 0 Å². The van der Waals surface area contributed by atoms with Gasteiger partial charge in [-0.3, -0.25) is 4.79 Å². The fourth-order valence-electron chi connectivity index (χ4n) is 4.09. The van der Waals surface area contributed by atoms with Crippen LogP contribution in [0.1, 0.15) is 43.0 Å². The second-order valence-corrected chi connectivity index (χ2v) is 8.49. The zero-order valence-electron chi connectivity index (χ0n) is 16.6. The van der Waals surface area contributed by atoms with Crippen LogP contribution < -0.4 is 0 Å². The lowest BCUT2D eigenvalue weighted by molar-refractivity contribution is -0.174. The molecule has 2 aromatic carbocycles. The molecule has 1 saturated carbocycles. The van der Waals surface area contributed by atoms with Crippen molar-refractivity contribution in [2.24, 2.45) is 5.92 Å². The van der Waals surface area contributed by atoms with E-state index in [1.807, 2.05) is 30.3 Å². The summed E-state index contributed by atoms with van der Waals surface area (Å²) in [6.07, 6.45) is 1.31. The number of esters is 1. The van der Waals surface area contributed by atoms with E-state index in [0.29, 0.717) is 10.0 Å². The predicted octanol–water partition coefficient (Wildman–Crippen LogP) is 4.98. The van der Waals surface area contributed by atoms with Gasteiger partial charge in [-0.15, -0.1) is 0 Å². The van der Waals surface area contributed by atoms with Crippen molar-refractivity contribution in [1.82, 2.24) is 4.90 Å². The molecule has 1 amide bonds. The molecule has 3 atom stereocenters. The highest BCUT2D eigenvalue weighted by molar-refractivity contribution is 6.30. The maximum atomic E-state index is 13.1. The van der Waals surface area contributed by atoms with Gasteiger partial charge in [-0.25, -0.2) is 4.79 Å². The molecule has 1 aliphatic carbocycles. The monoisotopic (exact) mass is 447 g/mol. The van der Waals surface area contributed by atoms with Crippen molar-refractivity contribution in [1.29, 1.82) is 0 Å². The molecule has 1 saturated heterocycles. The fourth-order valence-corrected chi connectivity index (χ4v) is 4.41. The van der Waals surface area contributed by atoms with Crippen molar-refractivity contribution in [3.63, 3.8) is 0 Å². The Morgan fingerprint density at radius 1 is 1.13 bits per heavy atom. The van der Waals surface area contributed by atoms with Crippen molar-refractivity contribution in [3.05, 3.63) is 69.7 Å². The van der Waals surface area contributed by atoms with Crippen molar-refractivity contribution in [3.8, 4) is 0 Å². The molecule has 3 unspecified atom stereocenters. The maximum absolute atomic E-state index is 13.1. The van der Waals surface area contributed by atoms with Gasteiger partial charge in [-0.2, -0.15) is 0 Å². The normalized spacial score (nSPS) is 22.6. The van der Waals surface area contributed by atoms with E-state index in [1.54, 1.807) is 30.0 Å². The summed E-state index contributed by atoms with van der Waals surface area (Å²) in [6, 6.07) is 13.6. The molecule has 1 heterocycles. The largest absolute Gasteiger partial charge is 0.464 e. The molecular weight excluding hydrogens is 425 g/mol. The highest BCUT2D eigenvalue weighted by atomic mass is 35.5. The van der Waals surface area contributed by atoms with E-state index in [4.69, 9.17) is 32.7 Å². The summed E-state index contributed by atoms with van der Waals surface area (Å²) in [5.74, 6) is -0.488. The molecule has 158 valence electrons. The third-order valence-corrected chi connectivity index (χ3v) is 6.03. The summed E-state index contributed by atoms with van der Waals surface area (Å²) in [5.41, 5.74) is 1.69. The van der Waals surface area contributed by atoms with E-state index in [1.165, 1.54) is 0 Å². The summed E-state index contributed by atoms with van der Waals surface area (Å²) in [5, 5.41) is 1.18. The molecular formula is C23H23Cl2NO4. The highest BCUT2D eigenvalue weighted by Crippen LogP contribution is 2.46. The zero-order chi connectivity index (χ0) is 21.3. The number of halogens is 2. The fraction of sp³-hybridized carbons (Fsp3) is 0.391. The van der Waals surface area contributed by atoms with Crippen LogP contribution in [0.5, 0.6) is 0 Å². The molecule has 0 N–H and O–H groups in total. The van der Waals surface area contributed by atoms with Crippen LogP contribution in [0.2, 0.25) is 10.0 Å². The van der Waals surface area contributed by atoms with Crippen molar-refractivity contribution >= 4 is 35.1 Å². The quantitative estimate of drug-likeness (QED) is 0.586. The Morgan fingerprint density at radius 2 is 1.87 bits per heavy atom. The molecule has 2 fully saturated rings. The Balaban J connectivity index is 1.81. The van der Waals surface area contributed by atoms with Crippen LogP contribution in [-0.2, 0) is 19.1 Å². The van der Waals surface area contributed by atoms with Gasteiger partial charge in [-0.1, -0.05) is 47.5 Å². The molecule has 7 heteroatoms. The number of carbonyl (C=O) groups excluding carboxylic acids is 2. The van der Waals surface area contributed by atoms with Crippen LogP contribution in [0, 0.1) is 5.92 Å². The lowest BCUT2D eigenvalue weighted by Crippen LogP contribution is -2.54. The van der Waals surface area contributed by atoms with E-state index in [9.17, 15) is 9.59 Å². The van der Waals surface area contributed by atoms with Gasteiger partial charge in [0.2, 0.25) is 5.91 Å². The average molecular weight is 448 g/mol. The van der Waals surface area contributed by atoms with Crippen LogP contribution in [0.4, 0.5) is 0 Å². The summed E-state index contributed by atoms with van der Waals surface area (Å²) in [4.78, 5) is 27.7. The molecule has 0 aromatic heterocycles. The molecule has 0 radical (unpaired) electrons. The van der Waals surface area contributed by atoms with Gasteiger partial charge in [-0.05, 0) is 61.1 Å². The average Bonchev–Trinajstić information content (AvgIpc) is 3.55. The number of morpholine rings is 1. The first-order valence-corrected chi connectivity index (χ1v) is 10.9. The third kappa shape index (κ3) is 4.34. The number of ether oxygens (including phenoxy) is 2. The minimum Gasteiger partial charge on any atom is -0.464 e. The second-order valence-electron chi connectivity index (χ2n) is 7.62. The Hall–Kier alpha value is -2.08. The smallest absolute Gasteiger partial charge is 0.329 e. The number of hydrogen-bond donors (Lipinski definition) is 0. The second kappa shape index (κ2) is 8.96. The topological polar surface area (TPSA) is 55.8 Å². The van der Waals surface area contributed by atoms with Gasteiger partial charge in [0.1, 0.15) is 18.8 Å². The first kappa shape index (κ1) is 21.2. The van der Waals surface area contributed by atoms with Crippen molar-refractivity contribution < 1.29 is 19.1 Å². The minimum absolute atomic E-state index is 0.0981. The number of hydrogen-bond acceptors (Lipinski definition) is 4. The van der Waals surface area contributed by atoms with Gasteiger partial charge in [0.05, 0.1) is 12.6 Å². The Labute approximate surface area is 185 Å². The van der Waals surface area contributed by atoms with Crippen LogP contribution >= 0.6 is 23.2 Å². The van der Waals surface area contributed by atoms with Gasteiger partial charge in [0.15, 0.2) is 0 Å². The third-order valence-electron chi connectivity index (χ3n) is 5.55. The molecule has 2 aliphatic rings. The molecule has 4 rings (SSSR count). The SMILES string of the molecule is CCOC(=O)C(C1CC1)N1C(=O)COC(c2cccc(Cl)c2)C1c1ccc(Cl)cc1. The minimum atomic E-state index is -0.635. The number of nitrogens with zero attached hydrogens (tertiary/aromatic N) is 1. The Kier molecular flexibility index (Phi) is 6.32. The van der Waals surface area contributed by atoms with E-state index >= 15 is 0 Å². The summed E-state index contributed by atoms with van der Waals surface area (Å²) >= 11 is 12.3. The zero-order valence-corrected chi connectivity index (χ0v) is 18.1. The highest BCUT2D eigenvalue weighted by Gasteiger charge is 2.50. The Bertz CT molecular complexity index is 929. The van der Waals surface area contributed by atoms with Crippen molar-refractivity contribution in [2.45, 2.75) is 38.0 Å². The lowest BCUT2D eigenvalue weighted by atomic mass is 9.90. The molecule has 0 spiro atoms. The van der Waals surface area contributed by atoms with Crippen molar-refractivity contribution in [2.75, 3.05) is 13.2 Å². The maximum Gasteiger partial charge on any atom is 0.329 e. The lowest BCUT2D eigenvalue weighted by Gasteiger charge is -2.44. The van der Waals surface area contributed by atoms with Gasteiger partial charge in [0.25, 0.3) is 0 Å². The van der Waals surface area contributed by atoms with Gasteiger partial charge in [0, 0.05) is 10.0 Å². The molecule has 30 heavy (non-hydrogen) atoms. The molecule has 0 bridgehead atoms. The van der Waals surface area contributed by atoms with E-state index < -0.39 is 18.2 Å². The number of rotatable bonds is 6. The first-order chi connectivity index (χ1) is 14.5. The number of carbonyl (C=O) groups is 2. The number of benzene rings is 2. The van der Waals surface area contributed by atoms with Crippen LogP contribution in [0.15, 0.2) is 48.5 Å². The van der Waals surface area contributed by atoms with Crippen LogP contribution in [-0.4, -0.2) is 36.0 Å². The summed E-state index contributed by atoms with van der Waals surface area (Å²) in [6.45, 7) is 1.93. The first-order valence-electron chi connectivity index (χ1n) is 10.1. The van der Waals surface area contributed by atoms with Crippen LogP contribution in [0.3, 0.4) is 0 Å². The van der Waals surface area contributed by atoms with Crippen LogP contribution in [0.25, 0.3) is 0 Å². The summed E-state index contributed by atoms with van der Waals surface area (Å²) < 4.78 is 11.4. The van der Waals surface area contributed by atoms with E-state index in [0.717, 1.165) is 24.0 Å². The Morgan fingerprint density at radius 3 is 2.50 bits per heavy atom.